The maximum Gasteiger partial charge on any atom is 0.201 e. The number of aliphatic imine (C=N–C) groups is 1. The van der Waals surface area contributed by atoms with Gasteiger partial charge in [0.25, 0.3) is 0 Å². The fraction of sp³-hybridized carbons (Fsp3) is 0.344. The summed E-state index contributed by atoms with van der Waals surface area (Å²) in [5, 5.41) is 7.84. The van der Waals surface area contributed by atoms with Gasteiger partial charge >= 0.3 is 0 Å². The normalized spacial score (nSPS) is 15.8. The number of nitrogens with zero attached hydrogens (tertiary/aromatic N) is 4. The van der Waals surface area contributed by atoms with Crippen LogP contribution in [0.15, 0.2) is 72.0 Å². The van der Waals surface area contributed by atoms with Crippen LogP contribution >= 0.6 is 0 Å². The molecule has 1 saturated heterocycles. The van der Waals surface area contributed by atoms with E-state index < -0.39 is 0 Å². The zero-order valence-corrected chi connectivity index (χ0v) is 23.8. The number of aromatic nitrogens is 2. The van der Waals surface area contributed by atoms with Gasteiger partial charge in [-0.2, -0.15) is 0 Å². The summed E-state index contributed by atoms with van der Waals surface area (Å²) in [7, 11) is 3.84. The number of nitrogens with one attached hydrogen (secondary N) is 2. The Balaban J connectivity index is 1.42. The summed E-state index contributed by atoms with van der Waals surface area (Å²) in [6, 6.07) is 20.7. The van der Waals surface area contributed by atoms with Gasteiger partial charge in [-0.1, -0.05) is 48.5 Å². The van der Waals surface area contributed by atoms with Gasteiger partial charge in [0.2, 0.25) is 5.96 Å². The number of rotatable bonds is 9. The summed E-state index contributed by atoms with van der Waals surface area (Å²) in [5.41, 5.74) is 5.18. The minimum atomic E-state index is 0.436. The first kappa shape index (κ1) is 27.4. The Bertz CT molecular complexity index is 1450. The number of fused-ring (bicyclic) bond motifs is 1. The first-order chi connectivity index (χ1) is 19.5. The number of benzene rings is 3. The average molecular weight is 539 g/mol. The smallest absolute Gasteiger partial charge is 0.201 e. The summed E-state index contributed by atoms with van der Waals surface area (Å²) in [6.45, 7) is 6.50. The third-order valence-electron chi connectivity index (χ3n) is 7.52. The Labute approximate surface area is 236 Å². The SMILES string of the molecule is COc1cc2c(NC(=NCCC3CCCN3C)Nc3c(C)cccc3C)ncnc2cc1OCc1ccccc1. The molecule has 0 bridgehead atoms. The van der Waals surface area contributed by atoms with Gasteiger partial charge in [-0.3, -0.25) is 4.99 Å². The molecule has 1 aliphatic heterocycles. The monoisotopic (exact) mass is 538 g/mol. The second-order valence-electron chi connectivity index (χ2n) is 10.3. The van der Waals surface area contributed by atoms with E-state index in [4.69, 9.17) is 14.5 Å². The number of hydrogen-bond acceptors (Lipinski definition) is 6. The Morgan fingerprint density at radius 3 is 2.52 bits per heavy atom. The number of guanidine groups is 1. The quantitative estimate of drug-likeness (QED) is 0.194. The van der Waals surface area contributed by atoms with Gasteiger partial charge in [0.15, 0.2) is 11.5 Å². The van der Waals surface area contributed by atoms with Crippen LogP contribution < -0.4 is 20.1 Å². The van der Waals surface area contributed by atoms with Crippen LogP contribution in [0.4, 0.5) is 11.5 Å². The van der Waals surface area contributed by atoms with E-state index in [1.54, 1.807) is 13.4 Å². The van der Waals surface area contributed by atoms with Gasteiger partial charge in [-0.25, -0.2) is 9.97 Å². The molecule has 40 heavy (non-hydrogen) atoms. The predicted molar refractivity (Wildman–Crippen MR) is 163 cm³/mol. The number of aryl methyl sites for hydroxylation is 2. The van der Waals surface area contributed by atoms with Crippen molar-refractivity contribution in [3.63, 3.8) is 0 Å². The van der Waals surface area contributed by atoms with Crippen LogP contribution in [0.25, 0.3) is 10.9 Å². The topological polar surface area (TPSA) is 83.9 Å². The molecule has 0 aliphatic carbocycles. The van der Waals surface area contributed by atoms with E-state index in [1.807, 2.05) is 42.5 Å². The molecule has 8 heteroatoms. The van der Waals surface area contributed by atoms with E-state index in [-0.39, 0.29) is 0 Å². The minimum Gasteiger partial charge on any atom is -0.493 e. The van der Waals surface area contributed by atoms with Crippen molar-refractivity contribution in [2.75, 3.05) is 37.9 Å². The molecule has 1 fully saturated rings. The van der Waals surface area contributed by atoms with Crippen LogP contribution in [0.3, 0.4) is 0 Å². The Morgan fingerprint density at radius 1 is 1.00 bits per heavy atom. The summed E-state index contributed by atoms with van der Waals surface area (Å²) in [5.74, 6) is 2.55. The molecule has 2 heterocycles. The second kappa shape index (κ2) is 12.8. The van der Waals surface area contributed by atoms with Crippen LogP contribution in [0, 0.1) is 13.8 Å². The molecule has 1 aromatic heterocycles. The Morgan fingerprint density at radius 2 is 1.80 bits per heavy atom. The van der Waals surface area contributed by atoms with E-state index >= 15 is 0 Å². The molecule has 3 aromatic carbocycles. The third kappa shape index (κ3) is 6.51. The van der Waals surface area contributed by atoms with Gasteiger partial charge in [0, 0.05) is 29.7 Å². The maximum absolute atomic E-state index is 6.11. The van der Waals surface area contributed by atoms with Crippen LogP contribution in [0.2, 0.25) is 0 Å². The summed E-state index contributed by atoms with van der Waals surface area (Å²) < 4.78 is 11.8. The van der Waals surface area contributed by atoms with Crippen molar-refractivity contribution in [2.24, 2.45) is 4.99 Å². The van der Waals surface area contributed by atoms with E-state index in [0.717, 1.165) is 46.2 Å². The molecule has 208 valence electrons. The lowest BCUT2D eigenvalue weighted by molar-refractivity contribution is 0.285. The second-order valence-corrected chi connectivity index (χ2v) is 10.3. The number of ether oxygens (including phenoxy) is 2. The predicted octanol–water partition coefficient (Wildman–Crippen LogP) is 6.20. The molecule has 8 nitrogen and oxygen atoms in total. The van der Waals surface area contributed by atoms with E-state index in [9.17, 15) is 0 Å². The van der Waals surface area contributed by atoms with Gasteiger partial charge in [-0.05, 0) is 69.5 Å². The summed E-state index contributed by atoms with van der Waals surface area (Å²) in [6.07, 6.45) is 5.05. The number of anilines is 2. The Hall–Kier alpha value is -4.17. The number of methoxy groups -OCH3 is 1. The molecular weight excluding hydrogens is 500 g/mol. The van der Waals surface area contributed by atoms with Crippen molar-refractivity contribution in [1.82, 2.24) is 14.9 Å². The molecule has 1 atom stereocenters. The molecule has 2 N–H and O–H groups in total. The highest BCUT2D eigenvalue weighted by atomic mass is 16.5. The van der Waals surface area contributed by atoms with E-state index in [1.165, 1.54) is 12.8 Å². The van der Waals surface area contributed by atoms with Gasteiger partial charge in [0.1, 0.15) is 18.8 Å². The third-order valence-corrected chi connectivity index (χ3v) is 7.52. The average Bonchev–Trinajstić information content (AvgIpc) is 3.38. The lowest BCUT2D eigenvalue weighted by atomic mass is 10.1. The molecule has 1 unspecified atom stereocenters. The largest absolute Gasteiger partial charge is 0.493 e. The molecule has 0 spiro atoms. The Kier molecular flexibility index (Phi) is 8.76. The molecule has 4 aromatic rings. The highest BCUT2D eigenvalue weighted by Crippen LogP contribution is 2.34. The molecule has 0 amide bonds. The molecular formula is C32H38N6O2. The van der Waals surface area contributed by atoms with Crippen LogP contribution in [0.5, 0.6) is 11.5 Å². The summed E-state index contributed by atoms with van der Waals surface area (Å²) in [4.78, 5) is 16.5. The minimum absolute atomic E-state index is 0.436. The number of para-hydroxylation sites is 1. The molecule has 0 radical (unpaired) electrons. The fourth-order valence-corrected chi connectivity index (χ4v) is 5.19. The van der Waals surface area contributed by atoms with Crippen molar-refractivity contribution < 1.29 is 9.47 Å². The standard InChI is InChI=1S/C32H38N6O2/c1-22-10-8-11-23(2)30(22)36-32(33-16-15-25-14-9-17-38(25)3)37-31-26-18-28(39-4)29(19-27(26)34-21-35-31)40-20-24-12-6-5-7-13-24/h5-8,10-13,18-19,21,25H,9,14-17,20H2,1-4H3,(H2,33,34,35,36,37). The van der Waals surface area contributed by atoms with Crippen molar-refractivity contribution in [3.8, 4) is 11.5 Å². The lowest BCUT2D eigenvalue weighted by Gasteiger charge is -2.20. The van der Waals surface area contributed by atoms with Crippen molar-refractivity contribution >= 4 is 28.4 Å². The van der Waals surface area contributed by atoms with E-state index in [0.29, 0.717) is 42.5 Å². The highest BCUT2D eigenvalue weighted by molar-refractivity contribution is 6.08. The first-order valence-electron chi connectivity index (χ1n) is 13.9. The van der Waals surface area contributed by atoms with Crippen LogP contribution in [-0.4, -0.2) is 54.1 Å². The fourth-order valence-electron chi connectivity index (χ4n) is 5.19. The van der Waals surface area contributed by atoms with Gasteiger partial charge in [0.05, 0.1) is 12.6 Å². The van der Waals surface area contributed by atoms with Gasteiger partial charge < -0.3 is 25.0 Å². The summed E-state index contributed by atoms with van der Waals surface area (Å²) >= 11 is 0. The van der Waals surface area contributed by atoms with Crippen molar-refractivity contribution in [2.45, 2.75) is 45.8 Å². The van der Waals surface area contributed by atoms with Crippen molar-refractivity contribution in [1.29, 1.82) is 0 Å². The molecule has 0 saturated carbocycles. The molecule has 1 aliphatic rings. The number of hydrogen-bond donors (Lipinski definition) is 2. The zero-order chi connectivity index (χ0) is 27.9. The van der Waals surface area contributed by atoms with E-state index in [2.05, 4.69) is 64.6 Å². The zero-order valence-electron chi connectivity index (χ0n) is 23.8. The first-order valence-corrected chi connectivity index (χ1v) is 13.9. The van der Waals surface area contributed by atoms with Crippen LogP contribution in [-0.2, 0) is 6.61 Å². The molecule has 5 rings (SSSR count). The number of likely N-dealkylation sites (tertiary alicyclic amines) is 1. The van der Waals surface area contributed by atoms with Gasteiger partial charge in [-0.15, -0.1) is 0 Å². The maximum atomic E-state index is 6.11. The highest BCUT2D eigenvalue weighted by Gasteiger charge is 2.20. The lowest BCUT2D eigenvalue weighted by Crippen LogP contribution is -2.27. The van der Waals surface area contributed by atoms with Crippen LogP contribution in [0.1, 0.15) is 36.0 Å². The van der Waals surface area contributed by atoms with Crippen molar-refractivity contribution in [3.05, 3.63) is 83.7 Å².